The van der Waals surface area contributed by atoms with E-state index in [1.54, 1.807) is 45.0 Å². The Bertz CT molecular complexity index is 523. The highest BCUT2D eigenvalue weighted by atomic mass is 16.6. The molecule has 1 rings (SSSR count). The molecule has 1 amide bonds. The van der Waals surface area contributed by atoms with Crippen molar-refractivity contribution in [1.82, 2.24) is 5.43 Å². The number of nitrogens with two attached hydrogens (primary N) is 2. The summed E-state index contributed by atoms with van der Waals surface area (Å²) in [5, 5.41) is 2.72. The molecule has 7 nitrogen and oxygen atoms in total. The molecule has 0 bridgehead atoms. The predicted molar refractivity (Wildman–Crippen MR) is 89.6 cm³/mol. The molecule has 0 aliphatic rings. The minimum Gasteiger partial charge on any atom is -0.456 e. The molecule has 1 atom stereocenters. The van der Waals surface area contributed by atoms with Gasteiger partial charge in [0.05, 0.1) is 11.6 Å². The Kier molecular flexibility index (Phi) is 7.15. The van der Waals surface area contributed by atoms with Gasteiger partial charge in [-0.05, 0) is 57.9 Å². The number of anilines is 1. The van der Waals surface area contributed by atoms with Crippen molar-refractivity contribution in [2.75, 3.05) is 11.9 Å². The third-order valence-electron chi connectivity index (χ3n) is 2.96. The van der Waals surface area contributed by atoms with Crippen LogP contribution in [0, 0.1) is 0 Å². The van der Waals surface area contributed by atoms with Gasteiger partial charge in [0.2, 0.25) is 5.91 Å². The first-order valence-electron chi connectivity index (χ1n) is 7.56. The second-order valence-electron chi connectivity index (χ2n) is 6.27. The highest BCUT2D eigenvalue weighted by Crippen LogP contribution is 2.15. The van der Waals surface area contributed by atoms with E-state index in [2.05, 4.69) is 10.7 Å². The van der Waals surface area contributed by atoms with Crippen molar-refractivity contribution in [2.24, 2.45) is 11.6 Å². The van der Waals surface area contributed by atoms with E-state index < -0.39 is 17.6 Å². The Hall–Kier alpha value is -1.96. The topological polar surface area (TPSA) is 119 Å². The maximum absolute atomic E-state index is 11.9. The van der Waals surface area contributed by atoms with Gasteiger partial charge in [-0.15, -0.1) is 0 Å². The summed E-state index contributed by atoms with van der Waals surface area (Å²) in [6, 6.07) is 5.89. The van der Waals surface area contributed by atoms with E-state index >= 15 is 0 Å². The lowest BCUT2D eigenvalue weighted by Crippen LogP contribution is -2.36. The van der Waals surface area contributed by atoms with Crippen LogP contribution in [0.2, 0.25) is 0 Å². The van der Waals surface area contributed by atoms with Gasteiger partial charge in [0.1, 0.15) is 5.60 Å². The first-order chi connectivity index (χ1) is 10.7. The third-order valence-corrected chi connectivity index (χ3v) is 2.96. The number of hydrogen-bond donors (Lipinski definition) is 4. The average Bonchev–Trinajstić information content (AvgIpc) is 2.46. The van der Waals surface area contributed by atoms with Crippen LogP contribution in [0.4, 0.5) is 5.69 Å². The van der Waals surface area contributed by atoms with Crippen LogP contribution >= 0.6 is 0 Å². The second-order valence-corrected chi connectivity index (χ2v) is 6.27. The molecular weight excluding hydrogens is 296 g/mol. The van der Waals surface area contributed by atoms with Gasteiger partial charge in [-0.25, -0.2) is 4.79 Å². The molecule has 7 heteroatoms. The van der Waals surface area contributed by atoms with Crippen LogP contribution < -0.4 is 22.3 Å². The highest BCUT2D eigenvalue weighted by molar-refractivity contribution is 5.95. The van der Waals surface area contributed by atoms with E-state index in [9.17, 15) is 9.59 Å². The number of carbonyl (C=O) groups is 2. The zero-order valence-corrected chi connectivity index (χ0v) is 13.9. The van der Waals surface area contributed by atoms with Gasteiger partial charge in [-0.2, -0.15) is 0 Å². The Morgan fingerprint density at radius 2 is 1.83 bits per heavy atom. The van der Waals surface area contributed by atoms with Crippen molar-refractivity contribution >= 4 is 17.6 Å². The Morgan fingerprint density at radius 3 is 2.35 bits per heavy atom. The van der Waals surface area contributed by atoms with Crippen LogP contribution in [0.5, 0.6) is 0 Å². The van der Waals surface area contributed by atoms with E-state index in [0.717, 1.165) is 0 Å². The molecule has 0 saturated heterocycles. The SMILES string of the molecule is CC(C)(C)OC(=O)c1ccc(NC(=O)[C@@H](N)CCCNN)cc1. The number of rotatable bonds is 7. The summed E-state index contributed by atoms with van der Waals surface area (Å²) in [5.74, 6) is 4.49. The molecule has 0 radical (unpaired) electrons. The summed E-state index contributed by atoms with van der Waals surface area (Å²) in [7, 11) is 0. The standard InChI is InChI=1S/C16H26N4O3/c1-16(2,3)23-15(22)11-6-8-12(9-7-11)20-14(21)13(17)5-4-10-19-18/h6-9,13,19H,4-5,10,17-18H2,1-3H3,(H,20,21)/t13-/m0/s1. The molecule has 23 heavy (non-hydrogen) atoms. The number of nitrogens with one attached hydrogen (secondary N) is 2. The van der Waals surface area contributed by atoms with Crippen molar-refractivity contribution in [3.63, 3.8) is 0 Å². The smallest absolute Gasteiger partial charge is 0.338 e. The lowest BCUT2D eigenvalue weighted by atomic mass is 10.1. The number of amides is 1. The Morgan fingerprint density at radius 1 is 1.22 bits per heavy atom. The molecule has 0 unspecified atom stereocenters. The Labute approximate surface area is 136 Å². The van der Waals surface area contributed by atoms with Crippen molar-refractivity contribution in [3.8, 4) is 0 Å². The molecule has 0 fully saturated rings. The van der Waals surface area contributed by atoms with Gasteiger partial charge >= 0.3 is 5.97 Å². The minimum atomic E-state index is -0.603. The normalized spacial score (nSPS) is 12.6. The van der Waals surface area contributed by atoms with Crippen LogP contribution in [0.1, 0.15) is 44.0 Å². The monoisotopic (exact) mass is 322 g/mol. The lowest BCUT2D eigenvalue weighted by Gasteiger charge is -2.19. The first kappa shape index (κ1) is 19.1. The molecule has 1 aromatic carbocycles. The zero-order chi connectivity index (χ0) is 17.5. The molecule has 0 saturated carbocycles. The maximum atomic E-state index is 11.9. The van der Waals surface area contributed by atoms with E-state index in [0.29, 0.717) is 30.6 Å². The molecule has 6 N–H and O–H groups in total. The molecular formula is C16H26N4O3. The third kappa shape index (κ3) is 7.23. The fourth-order valence-electron chi connectivity index (χ4n) is 1.82. The van der Waals surface area contributed by atoms with Gasteiger partial charge in [-0.1, -0.05) is 0 Å². The van der Waals surface area contributed by atoms with Crippen molar-refractivity contribution in [1.29, 1.82) is 0 Å². The Balaban J connectivity index is 2.56. The van der Waals surface area contributed by atoms with Crippen LogP contribution in [0.15, 0.2) is 24.3 Å². The fraction of sp³-hybridized carbons (Fsp3) is 0.500. The maximum Gasteiger partial charge on any atom is 0.338 e. The minimum absolute atomic E-state index is 0.271. The fourth-order valence-corrected chi connectivity index (χ4v) is 1.82. The lowest BCUT2D eigenvalue weighted by molar-refractivity contribution is -0.117. The number of esters is 1. The number of hydrogen-bond acceptors (Lipinski definition) is 6. The summed E-state index contributed by atoms with van der Waals surface area (Å²) in [5.41, 5.74) is 8.77. The van der Waals surface area contributed by atoms with Crippen LogP contribution in [0.25, 0.3) is 0 Å². The van der Waals surface area contributed by atoms with Gasteiger partial charge in [0, 0.05) is 12.2 Å². The first-order valence-corrected chi connectivity index (χ1v) is 7.56. The molecule has 1 aromatic rings. The van der Waals surface area contributed by atoms with E-state index in [4.69, 9.17) is 16.3 Å². The number of benzene rings is 1. The van der Waals surface area contributed by atoms with Crippen LogP contribution in [0.3, 0.4) is 0 Å². The summed E-state index contributed by atoms with van der Waals surface area (Å²) >= 11 is 0. The number of ether oxygens (including phenoxy) is 1. The van der Waals surface area contributed by atoms with Gasteiger partial charge < -0.3 is 15.8 Å². The van der Waals surface area contributed by atoms with Crippen molar-refractivity contribution in [3.05, 3.63) is 29.8 Å². The molecule has 0 aliphatic heterocycles. The zero-order valence-electron chi connectivity index (χ0n) is 13.9. The van der Waals surface area contributed by atoms with E-state index in [1.165, 1.54) is 0 Å². The van der Waals surface area contributed by atoms with Crippen molar-refractivity contribution < 1.29 is 14.3 Å². The van der Waals surface area contributed by atoms with E-state index in [1.807, 2.05) is 0 Å². The largest absolute Gasteiger partial charge is 0.456 e. The van der Waals surface area contributed by atoms with Gasteiger partial charge in [-0.3, -0.25) is 16.1 Å². The molecule has 0 spiro atoms. The average molecular weight is 322 g/mol. The quantitative estimate of drug-likeness (QED) is 0.259. The second kappa shape index (κ2) is 8.61. The van der Waals surface area contributed by atoms with E-state index in [-0.39, 0.29) is 5.91 Å². The molecule has 0 heterocycles. The van der Waals surface area contributed by atoms with Crippen molar-refractivity contribution in [2.45, 2.75) is 45.3 Å². The molecule has 0 aliphatic carbocycles. The van der Waals surface area contributed by atoms with Crippen LogP contribution in [-0.4, -0.2) is 30.1 Å². The highest BCUT2D eigenvalue weighted by Gasteiger charge is 2.18. The van der Waals surface area contributed by atoms with Gasteiger partial charge in [0.15, 0.2) is 0 Å². The predicted octanol–water partition coefficient (Wildman–Crippen LogP) is 1.15. The van der Waals surface area contributed by atoms with Gasteiger partial charge in [0.25, 0.3) is 0 Å². The summed E-state index contributed by atoms with van der Waals surface area (Å²) in [6.45, 7) is 6.02. The number of hydrazine groups is 1. The summed E-state index contributed by atoms with van der Waals surface area (Å²) in [4.78, 5) is 23.8. The summed E-state index contributed by atoms with van der Waals surface area (Å²) in [6.07, 6.45) is 1.24. The molecule has 0 aromatic heterocycles. The molecule has 128 valence electrons. The number of carbonyl (C=O) groups excluding carboxylic acids is 2. The van der Waals surface area contributed by atoms with Crippen LogP contribution in [-0.2, 0) is 9.53 Å². The summed E-state index contributed by atoms with van der Waals surface area (Å²) < 4.78 is 5.28.